The molecule has 1 N–H and O–H groups in total. The molecule has 1 saturated heterocycles. The normalized spacial score (nSPS) is 20.7. The molecular formula is C18H22FN3O5S. The van der Waals surface area contributed by atoms with Crippen LogP contribution in [-0.4, -0.2) is 63.3 Å². The summed E-state index contributed by atoms with van der Waals surface area (Å²) >= 11 is 0. The third-order valence-corrected chi connectivity index (χ3v) is 5.97. The molecule has 0 radical (unpaired) electrons. The van der Waals surface area contributed by atoms with E-state index in [4.69, 9.17) is 4.74 Å². The van der Waals surface area contributed by atoms with Gasteiger partial charge in [-0.2, -0.15) is 4.31 Å². The number of hydrogen-bond donors (Lipinski definition) is 1. The topological polar surface area (TPSA) is 96.0 Å². The zero-order chi connectivity index (χ0) is 20.5. The molecule has 0 aromatic heterocycles. The maximum absolute atomic E-state index is 14.7. The van der Waals surface area contributed by atoms with Gasteiger partial charge in [-0.15, -0.1) is 0 Å². The molecule has 3 rings (SSSR count). The van der Waals surface area contributed by atoms with Crippen LogP contribution < -0.4 is 10.2 Å². The summed E-state index contributed by atoms with van der Waals surface area (Å²) in [5.74, 6) is -0.713. The molecule has 0 saturated carbocycles. The maximum atomic E-state index is 14.7. The highest BCUT2D eigenvalue weighted by Gasteiger charge is 2.33. The smallest absolute Gasteiger partial charge is 0.414 e. The molecule has 8 nitrogen and oxygen atoms in total. The van der Waals surface area contributed by atoms with Crippen molar-refractivity contribution < 1.29 is 27.1 Å². The molecule has 0 unspecified atom stereocenters. The Hall–Kier alpha value is -2.46. The molecule has 1 aromatic carbocycles. The summed E-state index contributed by atoms with van der Waals surface area (Å²) in [5, 5.41) is 2.59. The zero-order valence-corrected chi connectivity index (χ0v) is 16.5. The quantitative estimate of drug-likeness (QED) is 0.789. The first kappa shape index (κ1) is 20.3. The number of amides is 2. The first-order chi connectivity index (χ1) is 13.1. The average Bonchev–Trinajstić information content (AvgIpc) is 3.00. The predicted octanol–water partition coefficient (Wildman–Crippen LogP) is 1.34. The Bertz CT molecular complexity index is 931. The van der Waals surface area contributed by atoms with Gasteiger partial charge in [-0.3, -0.25) is 9.69 Å². The van der Waals surface area contributed by atoms with E-state index in [1.807, 2.05) is 0 Å². The second kappa shape index (κ2) is 7.88. The van der Waals surface area contributed by atoms with E-state index in [-0.39, 0.29) is 25.5 Å². The molecule has 1 atom stereocenters. The highest BCUT2D eigenvalue weighted by Crippen LogP contribution is 2.30. The minimum Gasteiger partial charge on any atom is -0.442 e. The van der Waals surface area contributed by atoms with Gasteiger partial charge in [0.25, 0.3) is 0 Å². The van der Waals surface area contributed by atoms with E-state index in [1.54, 1.807) is 18.2 Å². The van der Waals surface area contributed by atoms with Crippen LogP contribution in [-0.2, 0) is 19.6 Å². The summed E-state index contributed by atoms with van der Waals surface area (Å²) in [4.78, 5) is 24.4. The van der Waals surface area contributed by atoms with Crippen LogP contribution in [0.5, 0.6) is 0 Å². The van der Waals surface area contributed by atoms with E-state index in [9.17, 15) is 22.4 Å². The number of carbonyl (C=O) groups is 2. The largest absolute Gasteiger partial charge is 0.442 e. The van der Waals surface area contributed by atoms with Crippen LogP contribution in [0.1, 0.15) is 18.9 Å². The number of nitrogens with zero attached hydrogens (tertiary/aromatic N) is 2. The van der Waals surface area contributed by atoms with Crippen LogP contribution in [0, 0.1) is 5.82 Å². The SMILES string of the molecule is CC(=O)NC[C@H]1CN(c2ccc(C3=CCN(S(C)(=O)=O)CC3)c(F)c2)C(=O)O1. The molecular weight excluding hydrogens is 389 g/mol. The second-order valence-electron chi connectivity index (χ2n) is 6.82. The highest BCUT2D eigenvalue weighted by molar-refractivity contribution is 7.88. The summed E-state index contributed by atoms with van der Waals surface area (Å²) in [6.07, 6.45) is 2.17. The third kappa shape index (κ3) is 4.50. The monoisotopic (exact) mass is 411 g/mol. The lowest BCUT2D eigenvalue weighted by Gasteiger charge is -2.24. The van der Waals surface area contributed by atoms with Gasteiger partial charge in [-0.25, -0.2) is 17.6 Å². The average molecular weight is 411 g/mol. The van der Waals surface area contributed by atoms with Crippen LogP contribution in [0.25, 0.3) is 5.57 Å². The number of cyclic esters (lactones) is 1. The van der Waals surface area contributed by atoms with Crippen molar-refractivity contribution in [2.75, 3.05) is 37.3 Å². The molecule has 10 heteroatoms. The summed E-state index contributed by atoms with van der Waals surface area (Å²) in [6, 6.07) is 4.48. The Morgan fingerprint density at radius 3 is 2.71 bits per heavy atom. The Balaban J connectivity index is 1.72. The van der Waals surface area contributed by atoms with Gasteiger partial charge in [0.1, 0.15) is 11.9 Å². The third-order valence-electron chi connectivity index (χ3n) is 4.70. The molecule has 2 amide bonds. The summed E-state index contributed by atoms with van der Waals surface area (Å²) < 4.78 is 44.4. The number of ether oxygens (including phenoxy) is 1. The Kier molecular flexibility index (Phi) is 5.71. The van der Waals surface area contributed by atoms with Gasteiger partial charge in [0.05, 0.1) is 25.0 Å². The van der Waals surface area contributed by atoms with Crippen LogP contribution in [0.4, 0.5) is 14.9 Å². The van der Waals surface area contributed by atoms with Crippen molar-refractivity contribution in [1.82, 2.24) is 9.62 Å². The molecule has 2 aliphatic rings. The first-order valence-electron chi connectivity index (χ1n) is 8.82. The van der Waals surface area contributed by atoms with Gasteiger partial charge in [0.15, 0.2) is 0 Å². The van der Waals surface area contributed by atoms with E-state index in [0.717, 1.165) is 11.8 Å². The predicted molar refractivity (Wildman–Crippen MR) is 102 cm³/mol. The van der Waals surface area contributed by atoms with Crippen molar-refractivity contribution in [2.24, 2.45) is 0 Å². The summed E-state index contributed by atoms with van der Waals surface area (Å²) in [7, 11) is -3.27. The molecule has 2 heterocycles. The lowest BCUT2D eigenvalue weighted by Crippen LogP contribution is -2.33. The zero-order valence-electron chi connectivity index (χ0n) is 15.6. The van der Waals surface area contributed by atoms with Crippen molar-refractivity contribution in [3.8, 4) is 0 Å². The van der Waals surface area contributed by atoms with Crippen molar-refractivity contribution >= 4 is 33.3 Å². The number of halogens is 1. The lowest BCUT2D eigenvalue weighted by molar-refractivity contribution is -0.119. The van der Waals surface area contributed by atoms with E-state index < -0.39 is 28.0 Å². The van der Waals surface area contributed by atoms with Crippen LogP contribution in [0.15, 0.2) is 24.3 Å². The summed E-state index contributed by atoms with van der Waals surface area (Å²) in [6.45, 7) is 2.29. The van der Waals surface area contributed by atoms with Crippen molar-refractivity contribution in [3.05, 3.63) is 35.7 Å². The fourth-order valence-corrected chi connectivity index (χ4v) is 3.99. The van der Waals surface area contributed by atoms with Crippen molar-refractivity contribution in [1.29, 1.82) is 0 Å². The molecule has 0 spiro atoms. The Morgan fingerprint density at radius 2 is 2.14 bits per heavy atom. The van der Waals surface area contributed by atoms with Gasteiger partial charge >= 0.3 is 6.09 Å². The lowest BCUT2D eigenvalue weighted by atomic mass is 9.99. The van der Waals surface area contributed by atoms with Crippen molar-refractivity contribution in [3.63, 3.8) is 0 Å². The van der Waals surface area contributed by atoms with E-state index >= 15 is 0 Å². The van der Waals surface area contributed by atoms with Gasteiger partial charge in [0.2, 0.25) is 15.9 Å². The second-order valence-corrected chi connectivity index (χ2v) is 8.80. The number of hydrogen-bond acceptors (Lipinski definition) is 5. The van der Waals surface area contributed by atoms with E-state index in [2.05, 4.69) is 5.32 Å². The number of anilines is 1. The molecule has 0 bridgehead atoms. The fourth-order valence-electron chi connectivity index (χ4n) is 3.22. The van der Waals surface area contributed by atoms with Crippen molar-refractivity contribution in [2.45, 2.75) is 19.4 Å². The van der Waals surface area contributed by atoms with Gasteiger partial charge in [0, 0.05) is 25.6 Å². The number of rotatable bonds is 5. The fraction of sp³-hybridized carbons (Fsp3) is 0.444. The maximum Gasteiger partial charge on any atom is 0.414 e. The molecule has 1 aromatic rings. The number of sulfonamides is 1. The number of benzene rings is 1. The molecule has 0 aliphatic carbocycles. The Morgan fingerprint density at radius 1 is 1.39 bits per heavy atom. The van der Waals surface area contributed by atoms with E-state index in [0.29, 0.717) is 24.2 Å². The first-order valence-corrected chi connectivity index (χ1v) is 10.7. The van der Waals surface area contributed by atoms with E-state index in [1.165, 1.54) is 22.2 Å². The van der Waals surface area contributed by atoms with Gasteiger partial charge in [-0.05, 0) is 30.2 Å². The summed E-state index contributed by atoms with van der Waals surface area (Å²) in [5.41, 5.74) is 1.49. The molecule has 2 aliphatic heterocycles. The standard InChI is InChI=1S/C18H22FN3O5S/c1-12(23)20-10-15-11-22(18(24)27-15)14-3-4-16(17(19)9-14)13-5-7-21(8-6-13)28(2,25)26/h3-5,9,15H,6-8,10-11H2,1-2H3,(H,20,23)/t15-/m0/s1. The van der Waals surface area contributed by atoms with Crippen LogP contribution in [0.3, 0.4) is 0 Å². The van der Waals surface area contributed by atoms with Gasteiger partial charge < -0.3 is 10.1 Å². The minimum absolute atomic E-state index is 0.196. The minimum atomic E-state index is -3.27. The number of carbonyl (C=O) groups excluding carboxylic acids is 2. The van der Waals surface area contributed by atoms with Crippen LogP contribution >= 0.6 is 0 Å². The van der Waals surface area contributed by atoms with Gasteiger partial charge in [-0.1, -0.05) is 6.08 Å². The molecule has 1 fully saturated rings. The molecule has 152 valence electrons. The molecule has 28 heavy (non-hydrogen) atoms. The Labute approximate surface area is 163 Å². The number of nitrogens with one attached hydrogen (secondary N) is 1. The highest BCUT2D eigenvalue weighted by atomic mass is 32.2. The van der Waals surface area contributed by atoms with Crippen LogP contribution in [0.2, 0.25) is 0 Å².